The van der Waals surface area contributed by atoms with Crippen molar-refractivity contribution in [2.24, 2.45) is 0 Å². The monoisotopic (exact) mass is 525 g/mol. The predicted octanol–water partition coefficient (Wildman–Crippen LogP) is 5.85. The van der Waals surface area contributed by atoms with Crippen LogP contribution in [0, 0.1) is 6.92 Å². The van der Waals surface area contributed by atoms with Gasteiger partial charge < -0.3 is 20.1 Å². The van der Waals surface area contributed by atoms with E-state index in [1.54, 1.807) is 6.20 Å². The summed E-state index contributed by atoms with van der Waals surface area (Å²) >= 11 is 0. The molecule has 0 bridgehead atoms. The number of nitrogens with one attached hydrogen (secondary N) is 3. The maximum absolute atomic E-state index is 4.99. The Kier molecular flexibility index (Phi) is 8.93. The van der Waals surface area contributed by atoms with Crippen molar-refractivity contribution in [1.29, 1.82) is 0 Å². The number of aromatic nitrogens is 6. The summed E-state index contributed by atoms with van der Waals surface area (Å²) in [4.78, 5) is 22.5. The second kappa shape index (κ2) is 12.5. The summed E-state index contributed by atoms with van der Waals surface area (Å²) in [6.07, 6.45) is 8.31. The van der Waals surface area contributed by atoms with Gasteiger partial charge in [-0.05, 0) is 44.7 Å². The number of hydrogen-bond donors (Lipinski definition) is 3. The van der Waals surface area contributed by atoms with Crippen LogP contribution < -0.4 is 5.32 Å². The van der Waals surface area contributed by atoms with Crippen molar-refractivity contribution < 1.29 is 0 Å². The molecule has 0 saturated carbocycles. The Morgan fingerprint density at radius 1 is 1.13 bits per heavy atom. The number of fused-ring (bicyclic) bond motifs is 1. The SMILES string of the molecule is C=C/C=C(\c1nc(-c2n[nH]c3ccc(-c4cncc(NC(=C)CC)c4)nc23)[nH]c1C)N1CCN(C)CC1.CC. The molecule has 4 aromatic rings. The van der Waals surface area contributed by atoms with Gasteiger partial charge >= 0.3 is 0 Å². The first-order valence-electron chi connectivity index (χ1n) is 13.6. The minimum atomic E-state index is 0.681. The van der Waals surface area contributed by atoms with Crippen LogP contribution in [0.3, 0.4) is 0 Å². The van der Waals surface area contributed by atoms with Gasteiger partial charge in [0.05, 0.1) is 28.8 Å². The molecule has 0 aromatic carbocycles. The summed E-state index contributed by atoms with van der Waals surface area (Å²) in [6.45, 7) is 20.0. The van der Waals surface area contributed by atoms with Gasteiger partial charge in [-0.3, -0.25) is 10.1 Å². The molecule has 1 fully saturated rings. The van der Waals surface area contributed by atoms with E-state index in [2.05, 4.69) is 62.4 Å². The van der Waals surface area contributed by atoms with Crippen LogP contribution in [0.25, 0.3) is 39.5 Å². The summed E-state index contributed by atoms with van der Waals surface area (Å²) in [5.74, 6) is 0.681. The molecule has 0 aliphatic carbocycles. The number of allylic oxidation sites excluding steroid dienone is 3. The molecule has 1 saturated heterocycles. The molecule has 9 nitrogen and oxygen atoms in total. The highest BCUT2D eigenvalue weighted by Gasteiger charge is 2.23. The van der Waals surface area contributed by atoms with E-state index in [9.17, 15) is 0 Å². The molecular formula is C30H39N9. The van der Waals surface area contributed by atoms with Crippen LogP contribution in [0.1, 0.15) is 38.6 Å². The molecule has 0 radical (unpaired) electrons. The highest BCUT2D eigenvalue weighted by molar-refractivity contribution is 5.89. The molecule has 0 amide bonds. The number of anilines is 1. The third kappa shape index (κ3) is 6.09. The van der Waals surface area contributed by atoms with Crippen LogP contribution in [-0.4, -0.2) is 73.2 Å². The van der Waals surface area contributed by atoms with Crippen molar-refractivity contribution in [3.05, 3.63) is 73.0 Å². The molecule has 1 aliphatic heterocycles. The van der Waals surface area contributed by atoms with E-state index in [0.29, 0.717) is 11.5 Å². The predicted molar refractivity (Wildman–Crippen MR) is 161 cm³/mol. The maximum atomic E-state index is 4.99. The van der Waals surface area contributed by atoms with Crippen molar-refractivity contribution >= 4 is 22.4 Å². The number of hydrogen-bond acceptors (Lipinski definition) is 7. The summed E-state index contributed by atoms with van der Waals surface area (Å²) in [6, 6.07) is 5.99. The largest absolute Gasteiger partial charge is 0.367 e. The topological polar surface area (TPSA) is 102 Å². The average molecular weight is 526 g/mol. The lowest BCUT2D eigenvalue weighted by molar-refractivity contribution is 0.207. The third-order valence-electron chi connectivity index (χ3n) is 6.66. The van der Waals surface area contributed by atoms with Crippen molar-refractivity contribution in [3.8, 4) is 22.8 Å². The summed E-state index contributed by atoms with van der Waals surface area (Å²) in [5, 5.41) is 11.0. The molecule has 0 spiro atoms. The Morgan fingerprint density at radius 2 is 1.90 bits per heavy atom. The molecule has 9 heteroatoms. The summed E-state index contributed by atoms with van der Waals surface area (Å²) in [7, 11) is 2.15. The Labute approximate surface area is 230 Å². The minimum Gasteiger partial charge on any atom is -0.367 e. The van der Waals surface area contributed by atoms with Gasteiger partial charge in [0.15, 0.2) is 11.5 Å². The second-order valence-corrected chi connectivity index (χ2v) is 9.35. The fourth-order valence-corrected chi connectivity index (χ4v) is 4.48. The van der Waals surface area contributed by atoms with E-state index in [-0.39, 0.29) is 0 Å². The van der Waals surface area contributed by atoms with E-state index in [4.69, 9.17) is 9.97 Å². The molecule has 5 heterocycles. The standard InChI is InChI=1S/C28H33N9.C2H6/c1-6-8-24(37-13-11-36(5)12-14-37)25-19(4)31-28(33-25)27-26-23(34-35-27)10-9-22(32-26)20-15-21(17-29-16-20)30-18(3)7-2;1-2/h6,8-10,15-17,30H,1,3,7,11-14H2,2,4-5H3,(H,31,33)(H,34,35);1-2H3/b24-8+;. The quantitative estimate of drug-likeness (QED) is 0.248. The molecule has 0 atom stereocenters. The first-order valence-corrected chi connectivity index (χ1v) is 13.6. The number of imidazole rings is 1. The van der Waals surface area contributed by atoms with Crippen LogP contribution in [0.5, 0.6) is 0 Å². The highest BCUT2D eigenvalue weighted by Crippen LogP contribution is 2.30. The molecule has 4 aromatic heterocycles. The fourth-order valence-electron chi connectivity index (χ4n) is 4.48. The number of pyridine rings is 2. The Bertz CT molecular complexity index is 1470. The summed E-state index contributed by atoms with van der Waals surface area (Å²) < 4.78 is 0. The Hall–Kier alpha value is -4.24. The fraction of sp³-hybridized carbons (Fsp3) is 0.333. The lowest BCUT2D eigenvalue weighted by atomic mass is 10.1. The number of H-pyrrole nitrogens is 2. The van der Waals surface area contributed by atoms with Gasteiger partial charge in [-0.1, -0.05) is 40.0 Å². The first-order chi connectivity index (χ1) is 19.0. The smallest absolute Gasteiger partial charge is 0.161 e. The average Bonchev–Trinajstić information content (AvgIpc) is 3.56. The van der Waals surface area contributed by atoms with Crippen molar-refractivity contribution in [1.82, 2.24) is 39.9 Å². The molecule has 0 unspecified atom stereocenters. The first kappa shape index (κ1) is 27.8. The van der Waals surface area contributed by atoms with Gasteiger partial charge in [0.25, 0.3) is 0 Å². The molecule has 3 N–H and O–H groups in total. The highest BCUT2D eigenvalue weighted by atomic mass is 15.3. The van der Waals surface area contributed by atoms with E-state index in [0.717, 1.165) is 83.4 Å². The Morgan fingerprint density at radius 3 is 2.62 bits per heavy atom. The van der Waals surface area contributed by atoms with Crippen LogP contribution in [0.2, 0.25) is 0 Å². The van der Waals surface area contributed by atoms with Gasteiger partial charge in [0, 0.05) is 49.3 Å². The lowest BCUT2D eigenvalue weighted by Gasteiger charge is -2.35. The number of aryl methyl sites for hydroxylation is 1. The van der Waals surface area contributed by atoms with Gasteiger partial charge in [-0.25, -0.2) is 9.97 Å². The molecule has 39 heavy (non-hydrogen) atoms. The second-order valence-electron chi connectivity index (χ2n) is 9.35. The number of rotatable bonds is 8. The van der Waals surface area contributed by atoms with E-state index < -0.39 is 0 Å². The van der Waals surface area contributed by atoms with E-state index in [1.165, 1.54) is 0 Å². The molecular weight excluding hydrogens is 486 g/mol. The lowest BCUT2D eigenvalue weighted by Crippen LogP contribution is -2.43. The number of nitrogens with zero attached hydrogens (tertiary/aromatic N) is 6. The van der Waals surface area contributed by atoms with Gasteiger partial charge in [0.2, 0.25) is 0 Å². The van der Waals surface area contributed by atoms with Gasteiger partial charge in [-0.2, -0.15) is 5.10 Å². The molecule has 204 valence electrons. The number of aromatic amines is 2. The normalized spacial score (nSPS) is 14.2. The van der Waals surface area contributed by atoms with Crippen molar-refractivity contribution in [3.63, 3.8) is 0 Å². The third-order valence-corrected chi connectivity index (χ3v) is 6.66. The molecule has 5 rings (SSSR count). The number of piperazine rings is 1. The maximum Gasteiger partial charge on any atom is 0.161 e. The summed E-state index contributed by atoms with van der Waals surface area (Å²) in [5.41, 5.74) is 8.77. The van der Waals surface area contributed by atoms with E-state index >= 15 is 0 Å². The van der Waals surface area contributed by atoms with Gasteiger partial charge in [0.1, 0.15) is 11.2 Å². The van der Waals surface area contributed by atoms with Crippen molar-refractivity contribution in [2.75, 3.05) is 38.5 Å². The van der Waals surface area contributed by atoms with Crippen LogP contribution in [0.15, 0.2) is 61.6 Å². The zero-order chi connectivity index (χ0) is 27.9. The minimum absolute atomic E-state index is 0.681. The van der Waals surface area contributed by atoms with Gasteiger partial charge in [-0.15, -0.1) is 0 Å². The zero-order valence-corrected chi connectivity index (χ0v) is 23.7. The number of likely N-dealkylation sites (N-methyl/N-ethyl adjacent to an activating group) is 1. The molecule has 1 aliphatic rings. The van der Waals surface area contributed by atoms with Crippen molar-refractivity contribution in [2.45, 2.75) is 34.1 Å². The zero-order valence-electron chi connectivity index (χ0n) is 23.7. The Balaban J connectivity index is 0.00000172. The van der Waals surface area contributed by atoms with E-state index in [1.807, 2.05) is 57.3 Å². The van der Waals surface area contributed by atoms with Crippen LogP contribution in [0.4, 0.5) is 5.69 Å². The van der Waals surface area contributed by atoms with Crippen LogP contribution in [-0.2, 0) is 0 Å². The van der Waals surface area contributed by atoms with Crippen LogP contribution >= 0.6 is 0 Å².